The second-order valence-corrected chi connectivity index (χ2v) is 9.56. The molecule has 35 heavy (non-hydrogen) atoms. The molecule has 0 amide bonds. The lowest BCUT2D eigenvalue weighted by molar-refractivity contribution is -0.359. The number of hydrogen-bond acceptors (Lipinski definition) is 11. The maximum Gasteiger partial charge on any atom is 0.187 e. The molecule has 0 aliphatic carbocycles. The summed E-state index contributed by atoms with van der Waals surface area (Å²) in [6, 6.07) is 0. The molecule has 0 bridgehead atoms. The van der Waals surface area contributed by atoms with Crippen molar-refractivity contribution in [2.24, 2.45) is 0 Å². The Morgan fingerprint density at radius 2 is 1.09 bits per heavy atom. The van der Waals surface area contributed by atoms with Gasteiger partial charge < -0.3 is 54.7 Å². The van der Waals surface area contributed by atoms with Crippen LogP contribution in [0.5, 0.6) is 0 Å². The first-order chi connectivity index (χ1) is 16.8. The molecule has 0 aromatic heterocycles. The van der Waals surface area contributed by atoms with Gasteiger partial charge in [-0.1, -0.05) is 64.7 Å². The van der Waals surface area contributed by atoms with Gasteiger partial charge in [-0.05, 0) is 6.42 Å². The van der Waals surface area contributed by atoms with E-state index in [9.17, 15) is 35.7 Å². The van der Waals surface area contributed by atoms with Crippen molar-refractivity contribution in [1.29, 1.82) is 0 Å². The normalized spacial score (nSPS) is 38.1. The average Bonchev–Trinajstić information content (AvgIpc) is 2.86. The number of rotatable bonds is 16. The summed E-state index contributed by atoms with van der Waals surface area (Å²) in [4.78, 5) is 0. The number of ether oxygens (including phenoxy) is 4. The molecular weight excluding hydrogens is 464 g/mol. The van der Waals surface area contributed by atoms with Crippen LogP contribution in [0.25, 0.3) is 0 Å². The van der Waals surface area contributed by atoms with Crippen LogP contribution in [0.4, 0.5) is 0 Å². The van der Waals surface area contributed by atoms with Crippen LogP contribution in [0.1, 0.15) is 71.1 Å². The highest BCUT2D eigenvalue weighted by atomic mass is 16.7. The molecule has 0 unspecified atom stereocenters. The van der Waals surface area contributed by atoms with Gasteiger partial charge in [0.1, 0.15) is 48.8 Å². The molecule has 0 aromatic rings. The van der Waals surface area contributed by atoms with Crippen LogP contribution in [0.3, 0.4) is 0 Å². The Bertz CT molecular complexity index is 550. The second-order valence-electron chi connectivity index (χ2n) is 9.56. The third-order valence-electron chi connectivity index (χ3n) is 6.74. The predicted molar refractivity (Wildman–Crippen MR) is 124 cm³/mol. The lowest BCUT2D eigenvalue weighted by Crippen LogP contribution is -2.64. The van der Waals surface area contributed by atoms with Crippen molar-refractivity contribution >= 4 is 0 Å². The van der Waals surface area contributed by atoms with E-state index in [2.05, 4.69) is 6.92 Å². The molecule has 0 aromatic carbocycles. The van der Waals surface area contributed by atoms with E-state index in [4.69, 9.17) is 18.9 Å². The van der Waals surface area contributed by atoms with E-state index in [-0.39, 0.29) is 0 Å². The summed E-state index contributed by atoms with van der Waals surface area (Å²) in [6.45, 7) is 1.31. The molecule has 0 saturated carbocycles. The fraction of sp³-hybridized carbons (Fsp3) is 1.00. The van der Waals surface area contributed by atoms with E-state index in [0.717, 1.165) is 19.3 Å². The molecule has 208 valence electrons. The fourth-order valence-corrected chi connectivity index (χ4v) is 4.48. The van der Waals surface area contributed by atoms with Gasteiger partial charge in [0.25, 0.3) is 0 Å². The molecule has 10 atom stereocenters. The van der Waals surface area contributed by atoms with Crippen LogP contribution in [0, 0.1) is 0 Å². The first kappa shape index (κ1) is 30.8. The molecule has 0 radical (unpaired) electrons. The SMILES string of the molecule is CCCCCCCCCCCCO[C@@H]1O[C@H](CO)[C@@H](O[C@H]2O[C@@H](CO)[C@H](O)[C@@H](O)[C@@H]2O)[C@H](O)[C@H]1O. The first-order valence-electron chi connectivity index (χ1n) is 13.1. The molecule has 2 aliphatic rings. The molecule has 2 saturated heterocycles. The molecule has 7 N–H and O–H groups in total. The van der Waals surface area contributed by atoms with Crippen molar-refractivity contribution in [3.8, 4) is 0 Å². The van der Waals surface area contributed by atoms with Gasteiger partial charge in [0.2, 0.25) is 0 Å². The van der Waals surface area contributed by atoms with Gasteiger partial charge in [0.05, 0.1) is 13.2 Å². The number of hydrogen-bond donors (Lipinski definition) is 7. The summed E-state index contributed by atoms with van der Waals surface area (Å²) in [6.07, 6.45) is -2.63. The molecule has 2 aliphatic heterocycles. The van der Waals surface area contributed by atoms with Crippen molar-refractivity contribution in [3.63, 3.8) is 0 Å². The summed E-state index contributed by atoms with van der Waals surface area (Å²) in [5, 5.41) is 70.1. The van der Waals surface area contributed by atoms with Gasteiger partial charge in [-0.3, -0.25) is 0 Å². The fourth-order valence-electron chi connectivity index (χ4n) is 4.48. The smallest absolute Gasteiger partial charge is 0.187 e. The summed E-state index contributed by atoms with van der Waals surface area (Å²) < 4.78 is 22.0. The highest BCUT2D eigenvalue weighted by Crippen LogP contribution is 2.29. The van der Waals surface area contributed by atoms with Crippen LogP contribution in [-0.4, -0.2) is 117 Å². The monoisotopic (exact) mass is 510 g/mol. The highest BCUT2D eigenvalue weighted by Gasteiger charge is 2.50. The molecular formula is C24H46O11. The zero-order chi connectivity index (χ0) is 25.8. The Hall–Kier alpha value is -0.440. The second kappa shape index (κ2) is 16.4. The van der Waals surface area contributed by atoms with Crippen molar-refractivity contribution in [3.05, 3.63) is 0 Å². The summed E-state index contributed by atoms with van der Waals surface area (Å²) in [7, 11) is 0. The van der Waals surface area contributed by atoms with E-state index in [1.54, 1.807) is 0 Å². The van der Waals surface area contributed by atoms with E-state index in [0.29, 0.717) is 6.61 Å². The van der Waals surface area contributed by atoms with Gasteiger partial charge >= 0.3 is 0 Å². The topological polar surface area (TPSA) is 179 Å². The molecule has 2 heterocycles. The van der Waals surface area contributed by atoms with E-state index in [1.807, 2.05) is 0 Å². The van der Waals surface area contributed by atoms with Crippen LogP contribution in [-0.2, 0) is 18.9 Å². The third-order valence-corrected chi connectivity index (χ3v) is 6.74. The van der Waals surface area contributed by atoms with E-state index >= 15 is 0 Å². The highest BCUT2D eigenvalue weighted by molar-refractivity contribution is 4.94. The Morgan fingerprint density at radius 3 is 1.66 bits per heavy atom. The molecule has 2 rings (SSSR count). The number of unbranched alkanes of at least 4 members (excludes halogenated alkanes) is 9. The Kier molecular flexibility index (Phi) is 14.4. The third kappa shape index (κ3) is 9.11. The quantitative estimate of drug-likeness (QED) is 0.134. The van der Waals surface area contributed by atoms with E-state index < -0.39 is 74.6 Å². The summed E-state index contributed by atoms with van der Waals surface area (Å²) >= 11 is 0. The van der Waals surface area contributed by atoms with Crippen LogP contribution in [0.15, 0.2) is 0 Å². The molecule has 11 heteroatoms. The predicted octanol–water partition coefficient (Wildman–Crippen LogP) is -0.452. The van der Waals surface area contributed by atoms with Crippen LogP contribution < -0.4 is 0 Å². The van der Waals surface area contributed by atoms with E-state index in [1.165, 1.54) is 44.9 Å². The minimum absolute atomic E-state index is 0.321. The first-order valence-corrected chi connectivity index (χ1v) is 13.1. The van der Waals surface area contributed by atoms with Gasteiger partial charge in [-0.2, -0.15) is 0 Å². The van der Waals surface area contributed by atoms with Crippen molar-refractivity contribution in [2.75, 3.05) is 19.8 Å². The minimum Gasteiger partial charge on any atom is -0.394 e. The largest absolute Gasteiger partial charge is 0.394 e. The maximum absolute atomic E-state index is 10.6. The number of aliphatic hydroxyl groups is 7. The van der Waals surface area contributed by atoms with Gasteiger partial charge in [0.15, 0.2) is 12.6 Å². The molecule has 2 fully saturated rings. The maximum atomic E-state index is 10.6. The van der Waals surface area contributed by atoms with Crippen LogP contribution in [0.2, 0.25) is 0 Å². The average molecular weight is 511 g/mol. The van der Waals surface area contributed by atoms with Crippen molar-refractivity contribution < 1.29 is 54.7 Å². The van der Waals surface area contributed by atoms with Gasteiger partial charge in [-0.15, -0.1) is 0 Å². The molecule has 0 spiro atoms. The zero-order valence-electron chi connectivity index (χ0n) is 20.7. The Balaban J connectivity index is 1.74. The van der Waals surface area contributed by atoms with Crippen LogP contribution >= 0.6 is 0 Å². The zero-order valence-corrected chi connectivity index (χ0v) is 20.7. The summed E-state index contributed by atoms with van der Waals surface area (Å²) in [5.41, 5.74) is 0. The van der Waals surface area contributed by atoms with Gasteiger partial charge in [-0.25, -0.2) is 0 Å². The Labute approximate surface area is 207 Å². The minimum atomic E-state index is -1.69. The standard InChI is InChI=1S/C24H46O11/c1-2-3-4-5-6-7-8-9-10-11-12-32-23-21(31)19(29)22(16(14-26)34-23)35-24-20(30)18(28)17(27)15(13-25)33-24/h15-31H,2-14H2,1H3/t15-,16+,17-,18+,19+,20-,21+,22+,23+,24+/m0/s1. The summed E-state index contributed by atoms with van der Waals surface area (Å²) in [5.74, 6) is 0. The van der Waals surface area contributed by atoms with Crippen molar-refractivity contribution in [1.82, 2.24) is 0 Å². The van der Waals surface area contributed by atoms with Gasteiger partial charge in [0, 0.05) is 6.61 Å². The lowest BCUT2D eigenvalue weighted by Gasteiger charge is -2.45. The lowest BCUT2D eigenvalue weighted by atomic mass is 9.97. The number of aliphatic hydroxyl groups excluding tert-OH is 7. The van der Waals surface area contributed by atoms with Crippen molar-refractivity contribution in [2.45, 2.75) is 133 Å². The molecule has 11 nitrogen and oxygen atoms in total. The Morgan fingerprint density at radius 1 is 0.571 bits per heavy atom.